The lowest BCUT2D eigenvalue weighted by Crippen LogP contribution is -2.39. The number of ether oxygens (including phenoxy) is 1. The van der Waals surface area contributed by atoms with Crippen molar-refractivity contribution in [3.05, 3.63) is 47.2 Å². The molecule has 0 spiro atoms. The molecule has 1 aromatic heterocycles. The molecule has 1 aromatic carbocycles. The molecule has 3 aliphatic rings. The predicted molar refractivity (Wildman–Crippen MR) is 95.1 cm³/mol. The Kier molecular flexibility index (Phi) is 3.93. The number of aromatic amines is 1. The lowest BCUT2D eigenvalue weighted by Gasteiger charge is -2.35. The molecule has 0 aliphatic carbocycles. The standard InChI is InChI=1S/C20H24N2O2/c1-3-13-12-22-10-8-14(13)18(20(23)24-2)19-16(9-11-22)15-6-4-5-7-17(15)21-19/h3-7,14,18,21H,8-12H2,1-2H3/b13-3-/t14?,18-/m1/s1. The highest BCUT2D eigenvalue weighted by Crippen LogP contribution is 2.41. The molecule has 1 N–H and O–H groups in total. The van der Waals surface area contributed by atoms with E-state index in [2.05, 4.69) is 41.1 Å². The van der Waals surface area contributed by atoms with Crippen LogP contribution >= 0.6 is 0 Å². The molecule has 3 aliphatic heterocycles. The minimum absolute atomic E-state index is 0.123. The number of nitrogens with one attached hydrogen (secondary N) is 1. The molecule has 2 bridgehead atoms. The third-order valence-corrected chi connectivity index (χ3v) is 5.70. The van der Waals surface area contributed by atoms with Gasteiger partial charge in [0, 0.05) is 35.6 Å². The van der Waals surface area contributed by atoms with Gasteiger partial charge in [-0.15, -0.1) is 0 Å². The minimum atomic E-state index is -0.233. The number of benzene rings is 1. The van der Waals surface area contributed by atoms with Gasteiger partial charge in [0.05, 0.1) is 7.11 Å². The van der Waals surface area contributed by atoms with Gasteiger partial charge in [0.2, 0.25) is 0 Å². The molecule has 1 saturated heterocycles. The van der Waals surface area contributed by atoms with E-state index in [0.29, 0.717) is 0 Å². The average molecular weight is 324 g/mol. The maximum atomic E-state index is 12.7. The molecule has 0 saturated carbocycles. The van der Waals surface area contributed by atoms with E-state index in [1.54, 1.807) is 0 Å². The second-order valence-electron chi connectivity index (χ2n) is 6.85. The highest BCUT2D eigenvalue weighted by molar-refractivity contribution is 5.88. The Labute approximate surface area is 142 Å². The van der Waals surface area contributed by atoms with Crippen molar-refractivity contribution in [2.24, 2.45) is 5.92 Å². The largest absolute Gasteiger partial charge is 0.468 e. The van der Waals surface area contributed by atoms with E-state index in [1.807, 2.05) is 6.07 Å². The fraction of sp³-hybridized carbons (Fsp3) is 0.450. The van der Waals surface area contributed by atoms with Gasteiger partial charge < -0.3 is 9.72 Å². The first kappa shape index (κ1) is 15.5. The fourth-order valence-electron chi connectivity index (χ4n) is 4.47. The highest BCUT2D eigenvalue weighted by atomic mass is 16.5. The van der Waals surface area contributed by atoms with Crippen LogP contribution in [0.1, 0.15) is 30.5 Å². The van der Waals surface area contributed by atoms with Gasteiger partial charge in [0.25, 0.3) is 0 Å². The Morgan fingerprint density at radius 3 is 2.96 bits per heavy atom. The van der Waals surface area contributed by atoms with Crippen molar-refractivity contribution in [2.45, 2.75) is 25.7 Å². The van der Waals surface area contributed by atoms with Crippen molar-refractivity contribution in [1.29, 1.82) is 0 Å². The number of esters is 1. The molecule has 4 heteroatoms. The number of piperidine rings is 1. The molecule has 1 fully saturated rings. The number of fused-ring (bicyclic) bond motifs is 4. The molecule has 126 valence electrons. The van der Waals surface area contributed by atoms with E-state index in [0.717, 1.165) is 43.7 Å². The van der Waals surface area contributed by atoms with Crippen LogP contribution in [0.15, 0.2) is 35.9 Å². The summed E-state index contributed by atoms with van der Waals surface area (Å²) in [5.74, 6) is -0.130. The van der Waals surface area contributed by atoms with E-state index in [1.165, 1.54) is 23.6 Å². The summed E-state index contributed by atoms with van der Waals surface area (Å²) in [5, 5.41) is 1.24. The maximum absolute atomic E-state index is 12.7. The molecule has 2 aromatic rings. The van der Waals surface area contributed by atoms with E-state index in [9.17, 15) is 4.79 Å². The monoisotopic (exact) mass is 324 g/mol. The molecule has 0 amide bonds. The van der Waals surface area contributed by atoms with E-state index < -0.39 is 0 Å². The van der Waals surface area contributed by atoms with Gasteiger partial charge in [0.1, 0.15) is 5.92 Å². The number of hydrogen-bond donors (Lipinski definition) is 1. The van der Waals surface area contributed by atoms with Crippen LogP contribution in [0.3, 0.4) is 0 Å². The number of carbonyl (C=O) groups is 1. The topological polar surface area (TPSA) is 45.3 Å². The number of para-hydroxylation sites is 1. The molecule has 5 rings (SSSR count). The molecule has 24 heavy (non-hydrogen) atoms. The molecule has 3 atom stereocenters. The van der Waals surface area contributed by atoms with Crippen LogP contribution in [0.4, 0.5) is 0 Å². The number of nitrogens with zero attached hydrogens (tertiary/aromatic N) is 1. The molecular formula is C20H24N2O2. The summed E-state index contributed by atoms with van der Waals surface area (Å²) in [4.78, 5) is 18.8. The van der Waals surface area contributed by atoms with Crippen LogP contribution in [-0.4, -0.2) is 42.6 Å². The van der Waals surface area contributed by atoms with Crippen LogP contribution < -0.4 is 0 Å². The number of carbonyl (C=O) groups excluding carboxylic acids is 1. The summed E-state index contributed by atoms with van der Waals surface area (Å²) in [6.07, 6.45) is 4.17. The van der Waals surface area contributed by atoms with Gasteiger partial charge in [-0.25, -0.2) is 0 Å². The zero-order valence-corrected chi connectivity index (χ0v) is 14.3. The van der Waals surface area contributed by atoms with E-state index >= 15 is 0 Å². The van der Waals surface area contributed by atoms with Crippen LogP contribution in [0, 0.1) is 5.92 Å². The van der Waals surface area contributed by atoms with E-state index in [4.69, 9.17) is 4.74 Å². The number of rotatable bonds is 1. The first-order chi connectivity index (χ1) is 11.7. The van der Waals surface area contributed by atoms with E-state index in [-0.39, 0.29) is 17.8 Å². The molecule has 4 heterocycles. The normalized spacial score (nSPS) is 28.2. The Morgan fingerprint density at radius 2 is 2.17 bits per heavy atom. The van der Waals surface area contributed by atoms with Crippen molar-refractivity contribution in [3.63, 3.8) is 0 Å². The summed E-state index contributed by atoms with van der Waals surface area (Å²) in [6, 6.07) is 8.36. The van der Waals surface area contributed by atoms with Crippen LogP contribution in [0.25, 0.3) is 10.9 Å². The van der Waals surface area contributed by atoms with Gasteiger partial charge >= 0.3 is 5.97 Å². The molecule has 4 nitrogen and oxygen atoms in total. The van der Waals surface area contributed by atoms with Crippen LogP contribution in [0.2, 0.25) is 0 Å². The van der Waals surface area contributed by atoms with Gasteiger partial charge in [0.15, 0.2) is 0 Å². The van der Waals surface area contributed by atoms with Gasteiger partial charge in [-0.2, -0.15) is 0 Å². The average Bonchev–Trinajstić information content (AvgIpc) is 3.02. The molecule has 0 radical (unpaired) electrons. The number of hydrogen-bond acceptors (Lipinski definition) is 3. The van der Waals surface area contributed by atoms with Crippen molar-refractivity contribution in [1.82, 2.24) is 9.88 Å². The molecular weight excluding hydrogens is 300 g/mol. The number of methoxy groups -OCH3 is 1. The number of aromatic nitrogens is 1. The number of H-pyrrole nitrogens is 1. The molecule has 2 unspecified atom stereocenters. The predicted octanol–water partition coefficient (Wildman–Crippen LogP) is 3.25. The van der Waals surface area contributed by atoms with Crippen LogP contribution in [0.5, 0.6) is 0 Å². The zero-order chi connectivity index (χ0) is 16.7. The SMILES string of the molecule is C/C=C1/CN2CCc3c([nH]c4ccccc34)[C@H](C(=O)OC)C1CC2. The van der Waals surface area contributed by atoms with Crippen molar-refractivity contribution in [2.75, 3.05) is 26.7 Å². The summed E-state index contributed by atoms with van der Waals surface area (Å²) >= 11 is 0. The highest BCUT2D eigenvalue weighted by Gasteiger charge is 2.39. The first-order valence-corrected chi connectivity index (χ1v) is 8.77. The Morgan fingerprint density at radius 1 is 1.33 bits per heavy atom. The summed E-state index contributed by atoms with van der Waals surface area (Å²) in [7, 11) is 1.50. The zero-order valence-electron chi connectivity index (χ0n) is 14.3. The smallest absolute Gasteiger partial charge is 0.315 e. The summed E-state index contributed by atoms with van der Waals surface area (Å²) < 4.78 is 5.22. The third-order valence-electron chi connectivity index (χ3n) is 5.70. The quantitative estimate of drug-likeness (QED) is 0.647. The van der Waals surface area contributed by atoms with Gasteiger partial charge in [-0.3, -0.25) is 9.69 Å². The lowest BCUT2D eigenvalue weighted by atomic mass is 9.78. The van der Waals surface area contributed by atoms with Crippen molar-refractivity contribution >= 4 is 16.9 Å². The summed E-state index contributed by atoms with van der Waals surface area (Å²) in [6.45, 7) is 5.14. The second-order valence-corrected chi connectivity index (χ2v) is 6.85. The van der Waals surface area contributed by atoms with Gasteiger partial charge in [-0.05, 0) is 37.9 Å². The van der Waals surface area contributed by atoms with Crippen LogP contribution in [-0.2, 0) is 16.0 Å². The van der Waals surface area contributed by atoms with Gasteiger partial charge in [-0.1, -0.05) is 29.8 Å². The Hall–Kier alpha value is -2.07. The second kappa shape index (κ2) is 6.10. The third kappa shape index (κ3) is 2.37. The summed E-state index contributed by atoms with van der Waals surface area (Å²) in [5.41, 5.74) is 4.83. The lowest BCUT2D eigenvalue weighted by molar-refractivity contribution is -0.143. The maximum Gasteiger partial charge on any atom is 0.315 e. The van der Waals surface area contributed by atoms with Crippen molar-refractivity contribution in [3.8, 4) is 0 Å². The fourth-order valence-corrected chi connectivity index (χ4v) is 4.47. The Bertz CT molecular complexity index is 805. The van der Waals surface area contributed by atoms with Crippen molar-refractivity contribution < 1.29 is 9.53 Å². The Balaban J connectivity index is 1.94. The number of allylic oxidation sites excluding steroid dienone is 1. The first-order valence-electron chi connectivity index (χ1n) is 8.77. The minimum Gasteiger partial charge on any atom is -0.468 e.